The van der Waals surface area contributed by atoms with Crippen molar-refractivity contribution in [3.63, 3.8) is 0 Å². The summed E-state index contributed by atoms with van der Waals surface area (Å²) in [6.45, 7) is 3.25. The summed E-state index contributed by atoms with van der Waals surface area (Å²) in [5.41, 5.74) is 0.784. The van der Waals surface area contributed by atoms with Crippen LogP contribution in [0.4, 0.5) is 9.52 Å². The van der Waals surface area contributed by atoms with Crippen molar-refractivity contribution in [2.45, 2.75) is 22.6 Å². The van der Waals surface area contributed by atoms with E-state index in [4.69, 9.17) is 0 Å². The van der Waals surface area contributed by atoms with Crippen molar-refractivity contribution in [2.24, 2.45) is 5.92 Å². The number of hydrogen-bond donors (Lipinski definition) is 0. The normalized spacial score (nSPS) is 18.3. The largest absolute Gasteiger partial charge is 0.345 e. The van der Waals surface area contributed by atoms with Gasteiger partial charge in [0.2, 0.25) is 15.9 Å². The van der Waals surface area contributed by atoms with Crippen LogP contribution in [0.2, 0.25) is 0 Å². The van der Waals surface area contributed by atoms with Gasteiger partial charge in [0.05, 0.1) is 15.1 Å². The molecule has 2 saturated heterocycles. The molecule has 2 fully saturated rings. The van der Waals surface area contributed by atoms with Crippen LogP contribution >= 0.6 is 23.1 Å². The predicted octanol–water partition coefficient (Wildman–Crippen LogP) is 3.91. The Kier molecular flexibility index (Phi) is 7.02. The molecular weight excluding hydrogens is 507 g/mol. The number of piperidine rings is 1. The molecule has 2 aliphatic rings. The molecule has 186 valence electrons. The molecule has 2 aromatic carbocycles. The molecule has 35 heavy (non-hydrogen) atoms. The molecule has 0 aliphatic carbocycles. The van der Waals surface area contributed by atoms with Gasteiger partial charge in [-0.3, -0.25) is 4.79 Å². The molecule has 0 N–H and O–H groups in total. The average Bonchev–Trinajstić information content (AvgIpc) is 3.31. The second kappa shape index (κ2) is 10.0. The van der Waals surface area contributed by atoms with Crippen LogP contribution in [0.15, 0.2) is 52.3 Å². The monoisotopic (exact) mass is 534 g/mol. The van der Waals surface area contributed by atoms with Crippen molar-refractivity contribution >= 4 is 54.4 Å². The van der Waals surface area contributed by atoms with Crippen LogP contribution < -0.4 is 4.90 Å². The molecule has 0 unspecified atom stereocenters. The zero-order valence-electron chi connectivity index (χ0n) is 19.4. The summed E-state index contributed by atoms with van der Waals surface area (Å²) >= 11 is 2.89. The van der Waals surface area contributed by atoms with Crippen molar-refractivity contribution in [1.82, 2.24) is 14.2 Å². The lowest BCUT2D eigenvalue weighted by atomic mass is 9.96. The standard InChI is InChI=1S/C24H27FN4O3S3/c1-33-20-4-2-3-5-22(20)35(31,32)29-10-8-17(9-11-29)23(30)27-12-14-28(15-13-27)24-26-19-7-6-18(25)16-21(19)34-24/h2-7,16-17H,8-15H2,1H3. The first-order valence-corrected chi connectivity index (χ1v) is 15.1. The average molecular weight is 535 g/mol. The summed E-state index contributed by atoms with van der Waals surface area (Å²) in [7, 11) is -3.58. The first kappa shape index (κ1) is 24.5. The van der Waals surface area contributed by atoms with Crippen LogP contribution in [0, 0.1) is 11.7 Å². The number of carbonyl (C=O) groups excluding carboxylic acids is 1. The molecule has 7 nitrogen and oxygen atoms in total. The number of thiazole rings is 1. The maximum Gasteiger partial charge on any atom is 0.244 e. The van der Waals surface area contributed by atoms with Gasteiger partial charge in [-0.2, -0.15) is 4.31 Å². The van der Waals surface area contributed by atoms with E-state index in [0.717, 1.165) is 20.2 Å². The molecule has 5 rings (SSSR count). The van der Waals surface area contributed by atoms with E-state index < -0.39 is 10.0 Å². The van der Waals surface area contributed by atoms with Crippen molar-refractivity contribution in [1.29, 1.82) is 0 Å². The van der Waals surface area contributed by atoms with Gasteiger partial charge in [-0.05, 0) is 49.4 Å². The van der Waals surface area contributed by atoms with E-state index in [-0.39, 0.29) is 17.6 Å². The van der Waals surface area contributed by atoms with Gasteiger partial charge >= 0.3 is 0 Å². The second-order valence-electron chi connectivity index (χ2n) is 8.75. The Morgan fingerprint density at radius 1 is 1.06 bits per heavy atom. The smallest absolute Gasteiger partial charge is 0.244 e. The number of carbonyl (C=O) groups is 1. The van der Waals surface area contributed by atoms with Crippen LogP contribution in [0.3, 0.4) is 0 Å². The number of amides is 1. The molecule has 2 aliphatic heterocycles. The Morgan fingerprint density at radius 3 is 2.49 bits per heavy atom. The lowest BCUT2D eigenvalue weighted by molar-refractivity contribution is -0.137. The molecular formula is C24H27FN4O3S3. The predicted molar refractivity (Wildman–Crippen MR) is 138 cm³/mol. The molecule has 0 radical (unpaired) electrons. The van der Waals surface area contributed by atoms with Crippen LogP contribution in [0.5, 0.6) is 0 Å². The Bertz CT molecular complexity index is 1330. The van der Waals surface area contributed by atoms with Crippen LogP contribution in [-0.4, -0.2) is 74.0 Å². The molecule has 0 spiro atoms. The summed E-state index contributed by atoms with van der Waals surface area (Å²) in [6.07, 6.45) is 2.93. The first-order valence-electron chi connectivity index (χ1n) is 11.6. The molecule has 1 amide bonds. The number of halogens is 1. The lowest BCUT2D eigenvalue weighted by Gasteiger charge is -2.38. The molecule has 3 heterocycles. The second-order valence-corrected chi connectivity index (χ2v) is 12.5. The van der Waals surface area contributed by atoms with E-state index >= 15 is 0 Å². The number of sulfonamides is 1. The molecule has 11 heteroatoms. The quantitative estimate of drug-likeness (QED) is 0.462. The number of hydrogen-bond acceptors (Lipinski definition) is 7. The first-order chi connectivity index (χ1) is 16.9. The number of benzene rings is 2. The highest BCUT2D eigenvalue weighted by Gasteiger charge is 2.35. The Balaban J connectivity index is 1.17. The fourth-order valence-electron chi connectivity index (χ4n) is 4.71. The van der Waals surface area contributed by atoms with Crippen LogP contribution in [0.25, 0.3) is 10.2 Å². The van der Waals surface area contributed by atoms with Gasteiger partial charge in [0.15, 0.2) is 5.13 Å². The zero-order valence-corrected chi connectivity index (χ0v) is 21.8. The molecule has 0 atom stereocenters. The van der Waals surface area contributed by atoms with Crippen LogP contribution in [0.1, 0.15) is 12.8 Å². The topological polar surface area (TPSA) is 73.8 Å². The van der Waals surface area contributed by atoms with E-state index in [1.54, 1.807) is 18.2 Å². The third-order valence-electron chi connectivity index (χ3n) is 6.69. The third kappa shape index (κ3) is 4.91. The van der Waals surface area contributed by atoms with Crippen molar-refractivity contribution < 1.29 is 17.6 Å². The molecule has 0 bridgehead atoms. The van der Waals surface area contributed by atoms with Crippen molar-refractivity contribution in [3.8, 4) is 0 Å². The van der Waals surface area contributed by atoms with Gasteiger partial charge in [-0.1, -0.05) is 23.5 Å². The van der Waals surface area contributed by atoms with E-state index in [0.29, 0.717) is 57.0 Å². The highest BCUT2D eigenvalue weighted by molar-refractivity contribution is 7.99. The lowest BCUT2D eigenvalue weighted by Crippen LogP contribution is -2.52. The van der Waals surface area contributed by atoms with Crippen molar-refractivity contribution in [2.75, 3.05) is 50.4 Å². The van der Waals surface area contributed by atoms with Gasteiger partial charge in [0.1, 0.15) is 5.82 Å². The molecule has 3 aromatic rings. The Hall–Kier alpha value is -2.21. The number of aromatic nitrogens is 1. The summed E-state index contributed by atoms with van der Waals surface area (Å²) in [4.78, 5) is 22.9. The Morgan fingerprint density at radius 2 is 1.77 bits per heavy atom. The summed E-state index contributed by atoms with van der Waals surface area (Å²) in [5, 5.41) is 0.849. The Labute approximate surface area is 213 Å². The zero-order chi connectivity index (χ0) is 24.6. The van der Waals surface area contributed by atoms with E-state index in [9.17, 15) is 17.6 Å². The van der Waals surface area contributed by atoms with E-state index in [1.165, 1.54) is 39.5 Å². The SMILES string of the molecule is CSc1ccccc1S(=O)(=O)N1CCC(C(=O)N2CCN(c3nc4ccc(F)cc4s3)CC2)CC1. The summed E-state index contributed by atoms with van der Waals surface area (Å²) in [5.74, 6) is -0.317. The van der Waals surface area contributed by atoms with E-state index in [1.807, 2.05) is 23.3 Å². The molecule has 0 saturated carbocycles. The minimum absolute atomic E-state index is 0.109. The van der Waals surface area contributed by atoms with Gasteiger partial charge in [0, 0.05) is 50.1 Å². The number of piperazine rings is 1. The van der Waals surface area contributed by atoms with Gasteiger partial charge < -0.3 is 9.80 Å². The number of thioether (sulfide) groups is 1. The minimum atomic E-state index is -3.58. The van der Waals surface area contributed by atoms with Gasteiger partial charge in [-0.25, -0.2) is 17.8 Å². The van der Waals surface area contributed by atoms with E-state index in [2.05, 4.69) is 9.88 Å². The highest BCUT2D eigenvalue weighted by Crippen LogP contribution is 2.32. The minimum Gasteiger partial charge on any atom is -0.345 e. The number of anilines is 1. The van der Waals surface area contributed by atoms with Gasteiger partial charge in [0.25, 0.3) is 0 Å². The highest BCUT2D eigenvalue weighted by atomic mass is 32.2. The summed E-state index contributed by atoms with van der Waals surface area (Å²) in [6, 6.07) is 11.7. The van der Waals surface area contributed by atoms with Crippen LogP contribution in [-0.2, 0) is 14.8 Å². The summed E-state index contributed by atoms with van der Waals surface area (Å²) < 4.78 is 42.2. The maximum atomic E-state index is 13.5. The van der Waals surface area contributed by atoms with Crippen molar-refractivity contribution in [3.05, 3.63) is 48.3 Å². The maximum absolute atomic E-state index is 13.5. The third-order valence-corrected chi connectivity index (χ3v) is 10.7. The number of rotatable bonds is 5. The number of nitrogens with zero attached hydrogens (tertiary/aromatic N) is 4. The number of fused-ring (bicyclic) bond motifs is 1. The molecule has 1 aromatic heterocycles. The van der Waals surface area contributed by atoms with Gasteiger partial charge in [-0.15, -0.1) is 11.8 Å². The fourth-order valence-corrected chi connectivity index (χ4v) is 8.35. The fraction of sp³-hybridized carbons (Fsp3) is 0.417.